The fraction of sp³-hybridized carbons (Fsp3) is 0.312. The first kappa shape index (κ1) is 15.9. The van der Waals surface area contributed by atoms with Gasteiger partial charge in [-0.3, -0.25) is 0 Å². The molecule has 2 amide bonds. The number of methoxy groups -OCH3 is 1. The normalized spacial score (nSPS) is 11.7. The summed E-state index contributed by atoms with van der Waals surface area (Å²) in [6.07, 6.45) is 2.16. The summed E-state index contributed by atoms with van der Waals surface area (Å²) in [4.78, 5) is 11.9. The Morgan fingerprint density at radius 2 is 2.23 bits per heavy atom. The highest BCUT2D eigenvalue weighted by atomic mass is 16.5. The topological polar surface area (TPSA) is 83.7 Å². The summed E-state index contributed by atoms with van der Waals surface area (Å²) in [7, 11) is 1.57. The summed E-state index contributed by atoms with van der Waals surface area (Å²) in [6, 6.07) is 10.4. The lowest BCUT2D eigenvalue weighted by Gasteiger charge is -2.14. The highest BCUT2D eigenvalue weighted by Gasteiger charge is 2.12. The van der Waals surface area contributed by atoms with Crippen LogP contribution in [0.25, 0.3) is 0 Å². The van der Waals surface area contributed by atoms with E-state index in [1.807, 2.05) is 6.07 Å². The molecule has 0 aliphatic carbocycles. The van der Waals surface area contributed by atoms with Crippen LogP contribution in [0.1, 0.15) is 5.76 Å². The molecule has 1 atom stereocenters. The van der Waals surface area contributed by atoms with Crippen molar-refractivity contribution >= 4 is 11.7 Å². The number of rotatable bonds is 7. The van der Waals surface area contributed by atoms with Crippen LogP contribution >= 0.6 is 0 Å². The maximum atomic E-state index is 11.9. The van der Waals surface area contributed by atoms with Crippen molar-refractivity contribution in [3.63, 3.8) is 0 Å². The van der Waals surface area contributed by atoms with Crippen LogP contribution in [0.15, 0.2) is 47.1 Å². The lowest BCUT2D eigenvalue weighted by atomic mass is 10.1. The molecule has 0 bridgehead atoms. The standard InChI is InChI=1S/C16H20N2O4/c1-21-14-5-2-4-13(9-14)18-16(20)17-10-12(11-19)8-15-6-3-7-22-15/h2-7,9,12,19H,8,10-11H2,1H3,(H2,17,18,20). The third-order valence-electron chi connectivity index (χ3n) is 3.21. The van der Waals surface area contributed by atoms with Crippen LogP contribution in [0.4, 0.5) is 10.5 Å². The number of nitrogens with one attached hydrogen (secondary N) is 2. The summed E-state index contributed by atoms with van der Waals surface area (Å²) in [5, 5.41) is 14.8. The number of hydrogen-bond donors (Lipinski definition) is 3. The smallest absolute Gasteiger partial charge is 0.319 e. The Morgan fingerprint density at radius 1 is 1.36 bits per heavy atom. The Bertz CT molecular complexity index is 584. The van der Waals surface area contributed by atoms with Gasteiger partial charge in [-0.25, -0.2) is 4.79 Å². The molecule has 1 aromatic carbocycles. The SMILES string of the molecule is COc1cccc(NC(=O)NCC(CO)Cc2ccco2)c1. The number of amides is 2. The van der Waals surface area contributed by atoms with Gasteiger partial charge in [0.1, 0.15) is 11.5 Å². The summed E-state index contributed by atoms with van der Waals surface area (Å²) in [6.45, 7) is 0.327. The van der Waals surface area contributed by atoms with Crippen LogP contribution in [-0.2, 0) is 6.42 Å². The van der Waals surface area contributed by atoms with Crippen LogP contribution in [0.3, 0.4) is 0 Å². The van der Waals surface area contributed by atoms with Crippen molar-refractivity contribution in [3.8, 4) is 5.75 Å². The molecule has 118 valence electrons. The predicted molar refractivity (Wildman–Crippen MR) is 83.0 cm³/mol. The predicted octanol–water partition coefficient (Wildman–Crippen LogP) is 2.26. The fourth-order valence-corrected chi connectivity index (χ4v) is 2.03. The van der Waals surface area contributed by atoms with E-state index in [9.17, 15) is 9.90 Å². The maximum absolute atomic E-state index is 11.9. The second-order valence-electron chi connectivity index (χ2n) is 4.90. The lowest BCUT2D eigenvalue weighted by molar-refractivity contribution is 0.213. The van der Waals surface area contributed by atoms with Gasteiger partial charge in [0.25, 0.3) is 0 Å². The van der Waals surface area contributed by atoms with Crippen molar-refractivity contribution in [1.29, 1.82) is 0 Å². The van der Waals surface area contributed by atoms with Gasteiger partial charge in [0.15, 0.2) is 0 Å². The molecule has 1 aromatic heterocycles. The van der Waals surface area contributed by atoms with Crippen LogP contribution in [0.2, 0.25) is 0 Å². The van der Waals surface area contributed by atoms with Gasteiger partial charge in [-0.1, -0.05) is 6.07 Å². The fourth-order valence-electron chi connectivity index (χ4n) is 2.03. The van der Waals surface area contributed by atoms with Crippen LogP contribution in [-0.4, -0.2) is 31.4 Å². The van der Waals surface area contributed by atoms with Crippen molar-refractivity contribution < 1.29 is 19.1 Å². The third-order valence-corrected chi connectivity index (χ3v) is 3.21. The molecule has 0 fully saturated rings. The average molecular weight is 304 g/mol. The van der Waals surface area contributed by atoms with Crippen molar-refractivity contribution in [2.24, 2.45) is 5.92 Å². The Kier molecular flexibility index (Phi) is 5.85. The largest absolute Gasteiger partial charge is 0.497 e. The highest BCUT2D eigenvalue weighted by Crippen LogP contribution is 2.16. The Labute approximate surface area is 129 Å². The number of aliphatic hydroxyl groups excluding tert-OH is 1. The van der Waals surface area contributed by atoms with Crippen LogP contribution in [0.5, 0.6) is 5.75 Å². The Hall–Kier alpha value is -2.47. The van der Waals surface area contributed by atoms with Gasteiger partial charge < -0.3 is 24.9 Å². The van der Waals surface area contributed by atoms with Crippen LogP contribution < -0.4 is 15.4 Å². The first-order chi connectivity index (χ1) is 10.7. The zero-order chi connectivity index (χ0) is 15.8. The minimum Gasteiger partial charge on any atom is -0.497 e. The van der Waals surface area contributed by atoms with Crippen molar-refractivity contribution in [2.45, 2.75) is 6.42 Å². The summed E-state index contributed by atoms with van der Waals surface area (Å²) >= 11 is 0. The number of urea groups is 1. The summed E-state index contributed by atoms with van der Waals surface area (Å²) < 4.78 is 10.3. The van der Waals surface area contributed by atoms with E-state index < -0.39 is 0 Å². The molecule has 0 spiro atoms. The molecule has 0 saturated carbocycles. The second kappa shape index (κ2) is 8.09. The number of anilines is 1. The van der Waals surface area contributed by atoms with E-state index in [1.54, 1.807) is 43.7 Å². The summed E-state index contributed by atoms with van der Waals surface area (Å²) in [5.41, 5.74) is 0.642. The molecule has 0 aliphatic rings. The summed E-state index contributed by atoms with van der Waals surface area (Å²) in [5.74, 6) is 1.36. The van der Waals surface area contributed by atoms with Gasteiger partial charge >= 0.3 is 6.03 Å². The van der Waals surface area contributed by atoms with Gasteiger partial charge in [-0.05, 0) is 24.3 Å². The van der Waals surface area contributed by atoms with E-state index in [1.165, 1.54) is 0 Å². The minimum atomic E-state index is -0.328. The van der Waals surface area contributed by atoms with E-state index in [-0.39, 0.29) is 18.6 Å². The van der Waals surface area contributed by atoms with Crippen molar-refractivity contribution in [1.82, 2.24) is 5.32 Å². The number of aliphatic hydroxyl groups is 1. The molecule has 2 rings (SSSR count). The van der Waals surface area contributed by atoms with E-state index in [4.69, 9.17) is 9.15 Å². The monoisotopic (exact) mass is 304 g/mol. The second-order valence-corrected chi connectivity index (χ2v) is 4.90. The minimum absolute atomic E-state index is 0.0276. The molecule has 1 heterocycles. The number of carbonyl (C=O) groups excluding carboxylic acids is 1. The molecule has 0 radical (unpaired) electrons. The van der Waals surface area contributed by atoms with Gasteiger partial charge in [-0.15, -0.1) is 0 Å². The first-order valence-corrected chi connectivity index (χ1v) is 7.03. The van der Waals surface area contributed by atoms with Crippen molar-refractivity contribution in [2.75, 3.05) is 25.6 Å². The van der Waals surface area contributed by atoms with Gasteiger partial charge in [-0.2, -0.15) is 0 Å². The zero-order valence-corrected chi connectivity index (χ0v) is 12.4. The number of benzene rings is 1. The number of furan rings is 1. The molecular formula is C16H20N2O4. The molecule has 0 saturated heterocycles. The first-order valence-electron chi connectivity index (χ1n) is 7.03. The highest BCUT2D eigenvalue weighted by molar-refractivity contribution is 5.89. The maximum Gasteiger partial charge on any atom is 0.319 e. The molecule has 3 N–H and O–H groups in total. The van der Waals surface area contributed by atoms with E-state index in [2.05, 4.69) is 10.6 Å². The molecule has 22 heavy (non-hydrogen) atoms. The Morgan fingerprint density at radius 3 is 2.91 bits per heavy atom. The van der Waals surface area contributed by atoms with E-state index >= 15 is 0 Å². The molecule has 6 heteroatoms. The quantitative estimate of drug-likeness (QED) is 0.732. The number of carbonyl (C=O) groups is 1. The van der Waals surface area contributed by atoms with Gasteiger partial charge in [0.05, 0.1) is 13.4 Å². The molecule has 1 unspecified atom stereocenters. The molecule has 0 aliphatic heterocycles. The van der Waals surface area contributed by atoms with Crippen LogP contribution in [0, 0.1) is 5.92 Å². The molecular weight excluding hydrogens is 284 g/mol. The molecule has 6 nitrogen and oxygen atoms in total. The number of hydrogen-bond acceptors (Lipinski definition) is 4. The van der Waals surface area contributed by atoms with Crippen molar-refractivity contribution in [3.05, 3.63) is 48.4 Å². The zero-order valence-electron chi connectivity index (χ0n) is 12.4. The average Bonchev–Trinajstić information content (AvgIpc) is 3.04. The molecule has 2 aromatic rings. The third kappa shape index (κ3) is 4.82. The number of ether oxygens (including phenoxy) is 1. The van der Waals surface area contributed by atoms with Gasteiger partial charge in [0, 0.05) is 37.2 Å². The lowest BCUT2D eigenvalue weighted by Crippen LogP contribution is -2.34. The van der Waals surface area contributed by atoms with E-state index in [0.29, 0.717) is 24.4 Å². The van der Waals surface area contributed by atoms with Gasteiger partial charge in [0.2, 0.25) is 0 Å². The Balaban J connectivity index is 1.80. The van der Waals surface area contributed by atoms with E-state index in [0.717, 1.165) is 5.76 Å².